The van der Waals surface area contributed by atoms with Gasteiger partial charge >= 0.3 is 43.0 Å². The van der Waals surface area contributed by atoms with E-state index in [4.69, 9.17) is 37.5 Å². The van der Waals surface area contributed by atoms with Gasteiger partial charge in [-0.05, 0) is 0 Å². The van der Waals surface area contributed by atoms with Gasteiger partial charge in [-0.3, -0.25) is 13.7 Å². The van der Waals surface area contributed by atoms with E-state index in [1.807, 2.05) is 0 Å². The van der Waals surface area contributed by atoms with Gasteiger partial charge in [0, 0.05) is 13.5 Å². The fourth-order valence-corrected chi connectivity index (χ4v) is 5.86. The first-order valence-corrected chi connectivity index (χ1v) is 17.6. The summed E-state index contributed by atoms with van der Waals surface area (Å²) in [5.74, 6) is -4.91. The molecule has 2 aliphatic rings. The molecule has 0 aliphatic carbocycles. The summed E-state index contributed by atoms with van der Waals surface area (Å²) in [6.45, 7) is -4.83. The average molecular weight is 802 g/mol. The monoisotopic (exact) mass is 801 g/mol. The van der Waals surface area contributed by atoms with Gasteiger partial charge < -0.3 is 64.2 Å². The zero-order valence-corrected chi connectivity index (χ0v) is 27.6. The molecule has 294 valence electrons. The molecule has 0 saturated carbocycles. The fraction of sp³-hybridized carbons (Fsp3) is 0.900. The summed E-state index contributed by atoms with van der Waals surface area (Å²) in [5, 5.41) is 70.1. The van der Waals surface area contributed by atoms with E-state index in [-0.39, 0.29) is 0 Å². The Labute approximate surface area is 281 Å². The van der Waals surface area contributed by atoms with Gasteiger partial charge in [-0.25, -0.2) is 18.0 Å². The predicted octanol–water partition coefficient (Wildman–Crippen LogP) is -7.04. The van der Waals surface area contributed by atoms with Crippen LogP contribution >= 0.6 is 0 Å². The molecule has 0 aromatic heterocycles. The SMILES string of the molecule is CO[C@@H]1C(COS(=O)(=O)O)O[C@H](O[C@H](CCOS(=O)(=O)O)C(OCOCC2O[C@@H](O)C(O)[C@H](O)[C@@H]2O)(C(=O)O)C(=O)O)C(NS(=O)(=O)O)[C@@H]1O. The normalized spacial score (nSPS) is 32.0. The molecule has 0 aromatic rings. The highest BCUT2D eigenvalue weighted by Gasteiger charge is 2.59. The van der Waals surface area contributed by atoms with Crippen LogP contribution in [0.4, 0.5) is 0 Å². The molecule has 30 heteroatoms. The molecular weight excluding hydrogens is 766 g/mol. The van der Waals surface area contributed by atoms with Crippen LogP contribution in [0, 0.1) is 0 Å². The number of carboxylic acid groups (broad SMARTS) is 2. The van der Waals surface area contributed by atoms with Crippen molar-refractivity contribution in [1.29, 1.82) is 0 Å². The molecule has 2 fully saturated rings. The van der Waals surface area contributed by atoms with E-state index in [0.717, 1.165) is 7.11 Å². The van der Waals surface area contributed by atoms with Crippen molar-refractivity contribution in [3.63, 3.8) is 0 Å². The Balaban J connectivity index is 2.51. The van der Waals surface area contributed by atoms with E-state index in [2.05, 4.69) is 8.37 Å². The number of ether oxygens (including phenoxy) is 6. The smallest absolute Gasteiger partial charge is 0.397 e. The summed E-state index contributed by atoms with van der Waals surface area (Å²) in [7, 11) is -15.0. The van der Waals surface area contributed by atoms with Crippen molar-refractivity contribution in [1.82, 2.24) is 4.72 Å². The van der Waals surface area contributed by atoms with Crippen LogP contribution in [-0.4, -0.2) is 193 Å². The molecule has 50 heavy (non-hydrogen) atoms. The number of aliphatic hydroxyl groups is 5. The number of carbonyl (C=O) groups is 2. The Kier molecular flexibility index (Phi) is 15.7. The molecule has 11 atom stereocenters. The number of carboxylic acids is 2. The Morgan fingerprint density at radius 3 is 1.88 bits per heavy atom. The highest BCUT2D eigenvalue weighted by Crippen LogP contribution is 2.32. The molecule has 0 bridgehead atoms. The lowest BCUT2D eigenvalue weighted by Crippen LogP contribution is -2.68. The van der Waals surface area contributed by atoms with Gasteiger partial charge in [0.15, 0.2) is 12.6 Å². The standard InChI is InChI=1S/C20H35NO26S3/c1-40-15-8(5-44-50(37,38)39)46-17(10(12(15)23)21-48(31,32)33)47-9(2-3-43-49(34,35)36)20(18(27)28,19(29)30)42-6-41-4-7-11(22)13(24)14(25)16(26)45-7/h7-17,21-26H,2-6H2,1H3,(H,27,28)(H,29,30)(H,31,32,33)(H,34,35,36)(H,37,38,39)/t7?,8?,9-,10?,11-,12+,13-,14?,15-,16-,17-/m1/s1. The van der Waals surface area contributed by atoms with Gasteiger partial charge in [0.25, 0.3) is 5.60 Å². The first kappa shape index (κ1) is 44.3. The van der Waals surface area contributed by atoms with Crippen LogP contribution in [0.3, 0.4) is 0 Å². The maximum absolute atomic E-state index is 12.5. The predicted molar refractivity (Wildman–Crippen MR) is 147 cm³/mol. The van der Waals surface area contributed by atoms with E-state index < -0.39 is 149 Å². The van der Waals surface area contributed by atoms with Gasteiger partial charge in [0.2, 0.25) is 0 Å². The first-order chi connectivity index (χ1) is 22.8. The molecule has 11 N–H and O–H groups in total. The van der Waals surface area contributed by atoms with Gasteiger partial charge in [0.05, 0.1) is 19.8 Å². The van der Waals surface area contributed by atoms with E-state index in [9.17, 15) is 75.1 Å². The van der Waals surface area contributed by atoms with Crippen molar-refractivity contribution in [2.24, 2.45) is 0 Å². The fourth-order valence-electron chi connectivity index (χ4n) is 4.65. The van der Waals surface area contributed by atoms with Crippen molar-refractivity contribution < 1.29 is 121 Å². The van der Waals surface area contributed by atoms with Crippen LogP contribution in [0.1, 0.15) is 6.42 Å². The van der Waals surface area contributed by atoms with Crippen LogP contribution in [0.15, 0.2) is 0 Å². The number of rotatable bonds is 20. The number of nitrogens with one attached hydrogen (secondary N) is 1. The minimum atomic E-state index is -5.36. The number of aliphatic hydroxyl groups excluding tert-OH is 5. The second-order valence-electron chi connectivity index (χ2n) is 10.2. The molecular formula is C20H35NO26S3. The Hall–Kier alpha value is -1.89. The highest BCUT2D eigenvalue weighted by molar-refractivity contribution is 7.83. The lowest BCUT2D eigenvalue weighted by atomic mass is 9.93. The minimum Gasteiger partial charge on any atom is -0.479 e. The number of hydrogen-bond acceptors (Lipinski definition) is 21. The van der Waals surface area contributed by atoms with Crippen molar-refractivity contribution in [2.45, 2.75) is 79.5 Å². The lowest BCUT2D eigenvalue weighted by Gasteiger charge is -2.45. The topological polar surface area (TPSA) is 425 Å². The maximum Gasteiger partial charge on any atom is 0.397 e. The van der Waals surface area contributed by atoms with Crippen LogP contribution < -0.4 is 4.72 Å². The molecule has 0 spiro atoms. The van der Waals surface area contributed by atoms with Crippen molar-refractivity contribution >= 4 is 43.0 Å². The van der Waals surface area contributed by atoms with Gasteiger partial charge in [-0.1, -0.05) is 0 Å². The number of methoxy groups -OCH3 is 1. The van der Waals surface area contributed by atoms with E-state index in [0.29, 0.717) is 0 Å². The largest absolute Gasteiger partial charge is 0.479 e. The molecule has 2 saturated heterocycles. The Morgan fingerprint density at radius 1 is 0.800 bits per heavy atom. The first-order valence-electron chi connectivity index (χ1n) is 13.4. The number of hydrogen-bond donors (Lipinski definition) is 11. The zero-order valence-electron chi connectivity index (χ0n) is 25.1. The van der Waals surface area contributed by atoms with Gasteiger partial charge in [-0.2, -0.15) is 30.0 Å². The lowest BCUT2D eigenvalue weighted by molar-refractivity contribution is -0.308. The van der Waals surface area contributed by atoms with E-state index >= 15 is 0 Å². The van der Waals surface area contributed by atoms with Gasteiger partial charge in [-0.15, -0.1) is 0 Å². The Bertz CT molecular complexity index is 1460. The number of aliphatic carboxylic acids is 2. The Morgan fingerprint density at radius 2 is 1.38 bits per heavy atom. The summed E-state index contributed by atoms with van der Waals surface area (Å²) >= 11 is 0. The third kappa shape index (κ3) is 12.1. The molecule has 4 unspecified atom stereocenters. The molecule has 2 rings (SSSR count). The summed E-state index contributed by atoms with van der Waals surface area (Å²) in [6.07, 6.45) is -21.9. The van der Waals surface area contributed by atoms with Crippen LogP contribution in [0.5, 0.6) is 0 Å². The molecule has 0 radical (unpaired) electrons. The van der Waals surface area contributed by atoms with Crippen LogP contribution in [-0.2, 0) is 77.5 Å². The van der Waals surface area contributed by atoms with Crippen molar-refractivity contribution in [3.05, 3.63) is 0 Å². The highest BCUT2D eigenvalue weighted by atomic mass is 32.3. The average Bonchev–Trinajstić information content (AvgIpc) is 2.97. The quantitative estimate of drug-likeness (QED) is 0.0236. The summed E-state index contributed by atoms with van der Waals surface area (Å²) < 4.78 is 136. The zero-order chi connectivity index (χ0) is 38.4. The van der Waals surface area contributed by atoms with Crippen LogP contribution in [0.25, 0.3) is 0 Å². The van der Waals surface area contributed by atoms with E-state index in [1.54, 1.807) is 0 Å². The molecule has 2 aliphatic heterocycles. The molecule has 0 aromatic carbocycles. The van der Waals surface area contributed by atoms with Gasteiger partial charge in [0.1, 0.15) is 61.7 Å². The molecule has 0 amide bonds. The molecule has 2 heterocycles. The molecule has 27 nitrogen and oxygen atoms in total. The third-order valence-electron chi connectivity index (χ3n) is 6.95. The van der Waals surface area contributed by atoms with Crippen LogP contribution in [0.2, 0.25) is 0 Å². The van der Waals surface area contributed by atoms with Crippen molar-refractivity contribution in [3.8, 4) is 0 Å². The summed E-state index contributed by atoms with van der Waals surface area (Å²) in [5.41, 5.74) is -3.78. The second-order valence-corrected chi connectivity index (χ2v) is 13.6. The minimum absolute atomic E-state index is 0.882. The summed E-state index contributed by atoms with van der Waals surface area (Å²) in [4.78, 5) is 25.1. The van der Waals surface area contributed by atoms with E-state index in [1.165, 1.54) is 4.72 Å². The van der Waals surface area contributed by atoms with Crippen molar-refractivity contribution in [2.75, 3.05) is 33.7 Å². The maximum atomic E-state index is 12.5. The third-order valence-corrected chi connectivity index (χ3v) is 8.42. The summed E-state index contributed by atoms with van der Waals surface area (Å²) in [6, 6.07) is -2.29. The second kappa shape index (κ2) is 17.8.